The number of nitrogens with two attached hydrogens (primary N) is 1. The number of hydrogen-bond acceptors (Lipinski definition) is 3. The molecule has 0 bridgehead atoms. The molecule has 4 nitrogen and oxygen atoms in total. The van der Waals surface area contributed by atoms with Gasteiger partial charge in [0.25, 0.3) is 0 Å². The molecule has 0 saturated heterocycles. The van der Waals surface area contributed by atoms with Crippen LogP contribution in [0.15, 0.2) is 28.9 Å². The zero-order valence-corrected chi connectivity index (χ0v) is 11.2. The first-order valence-corrected chi connectivity index (χ1v) is 6.26. The molecule has 0 aliphatic heterocycles. The highest BCUT2D eigenvalue weighted by Gasteiger charge is 2.34. The summed E-state index contributed by atoms with van der Waals surface area (Å²) in [6.45, 7) is 3.63. The zero-order valence-electron chi connectivity index (χ0n) is 11.2. The topological polar surface area (TPSA) is 57.0 Å². The molecule has 110 valence electrons. The molecule has 2 heterocycles. The van der Waals surface area contributed by atoms with Crippen LogP contribution in [0, 0.1) is 6.92 Å². The smallest absolute Gasteiger partial charge is 0.419 e. The normalized spacial score (nSPS) is 15.3. The first-order chi connectivity index (χ1) is 9.32. The van der Waals surface area contributed by atoms with Gasteiger partial charge in [-0.25, -0.2) is 0 Å². The van der Waals surface area contributed by atoms with Crippen LogP contribution in [-0.2, 0) is 6.18 Å². The molecule has 0 saturated carbocycles. The van der Waals surface area contributed by atoms with Gasteiger partial charge < -0.3 is 10.2 Å². The van der Waals surface area contributed by atoms with E-state index in [1.54, 1.807) is 19.1 Å². The van der Waals surface area contributed by atoms with E-state index >= 15 is 0 Å². The Bertz CT molecular complexity index is 573. The van der Waals surface area contributed by atoms with Crippen molar-refractivity contribution in [1.29, 1.82) is 0 Å². The standard InChI is InChI=1S/C13H16F3N3O/c1-3-10(17)12(11-5-4-8(2)20-11)19-7-9(6-18-19)13(14,15)16/h4-7,10,12H,3,17H2,1-2H3. The van der Waals surface area contributed by atoms with Crippen molar-refractivity contribution in [2.75, 3.05) is 0 Å². The van der Waals surface area contributed by atoms with Gasteiger partial charge in [-0.15, -0.1) is 0 Å². The van der Waals surface area contributed by atoms with Crippen LogP contribution in [0.1, 0.15) is 36.5 Å². The number of furan rings is 1. The number of aryl methyl sites for hydroxylation is 1. The predicted octanol–water partition coefficient (Wildman–Crippen LogP) is 3.13. The second kappa shape index (κ2) is 5.32. The van der Waals surface area contributed by atoms with Crippen LogP contribution in [0.25, 0.3) is 0 Å². The summed E-state index contributed by atoms with van der Waals surface area (Å²) in [5, 5.41) is 3.79. The number of nitrogens with zero attached hydrogens (tertiary/aromatic N) is 2. The molecule has 2 N–H and O–H groups in total. The molecule has 0 spiro atoms. The fourth-order valence-corrected chi connectivity index (χ4v) is 2.01. The quantitative estimate of drug-likeness (QED) is 0.940. The summed E-state index contributed by atoms with van der Waals surface area (Å²) in [7, 11) is 0. The Kier molecular flexibility index (Phi) is 3.89. The molecule has 2 aromatic heterocycles. The Morgan fingerprint density at radius 1 is 1.40 bits per heavy atom. The molecule has 0 radical (unpaired) electrons. The number of alkyl halides is 3. The maximum Gasteiger partial charge on any atom is 0.419 e. The Morgan fingerprint density at radius 3 is 2.55 bits per heavy atom. The molecule has 0 aliphatic rings. The minimum absolute atomic E-state index is 0.387. The van der Waals surface area contributed by atoms with Gasteiger partial charge in [0.05, 0.1) is 11.8 Å². The third-order valence-corrected chi connectivity index (χ3v) is 3.14. The van der Waals surface area contributed by atoms with E-state index in [4.69, 9.17) is 10.2 Å². The lowest BCUT2D eigenvalue weighted by Gasteiger charge is -2.21. The van der Waals surface area contributed by atoms with Crippen LogP contribution in [0.2, 0.25) is 0 Å². The highest BCUT2D eigenvalue weighted by atomic mass is 19.4. The molecular formula is C13H16F3N3O. The SMILES string of the molecule is CCC(N)C(c1ccc(C)o1)n1cc(C(F)(F)F)cn1. The van der Waals surface area contributed by atoms with Crippen LogP contribution in [0.5, 0.6) is 0 Å². The highest BCUT2D eigenvalue weighted by Crippen LogP contribution is 2.31. The molecule has 0 aromatic carbocycles. The van der Waals surface area contributed by atoms with Crippen LogP contribution >= 0.6 is 0 Å². The largest absolute Gasteiger partial charge is 0.464 e. The molecule has 20 heavy (non-hydrogen) atoms. The summed E-state index contributed by atoms with van der Waals surface area (Å²) in [6, 6.07) is 2.52. The molecule has 7 heteroatoms. The van der Waals surface area contributed by atoms with E-state index in [9.17, 15) is 13.2 Å². The highest BCUT2D eigenvalue weighted by molar-refractivity contribution is 5.16. The summed E-state index contributed by atoms with van der Waals surface area (Å²) in [5.74, 6) is 1.19. The average molecular weight is 287 g/mol. The van der Waals surface area contributed by atoms with Gasteiger partial charge in [0.1, 0.15) is 17.6 Å². The number of halogens is 3. The van der Waals surface area contributed by atoms with Gasteiger partial charge in [0, 0.05) is 12.2 Å². The Morgan fingerprint density at radius 2 is 2.10 bits per heavy atom. The van der Waals surface area contributed by atoms with Crippen LogP contribution < -0.4 is 5.73 Å². The number of rotatable bonds is 4. The zero-order chi connectivity index (χ0) is 14.9. The van der Waals surface area contributed by atoms with E-state index in [-0.39, 0.29) is 6.04 Å². The number of hydrogen-bond donors (Lipinski definition) is 1. The monoisotopic (exact) mass is 287 g/mol. The van der Waals surface area contributed by atoms with Crippen LogP contribution in [0.4, 0.5) is 13.2 Å². The van der Waals surface area contributed by atoms with Crippen molar-refractivity contribution in [2.45, 2.75) is 38.5 Å². The van der Waals surface area contributed by atoms with Gasteiger partial charge in [0.2, 0.25) is 0 Å². The van der Waals surface area contributed by atoms with E-state index in [1.165, 1.54) is 4.68 Å². The Balaban J connectivity index is 2.39. The molecule has 2 rings (SSSR count). The third kappa shape index (κ3) is 2.87. The first-order valence-electron chi connectivity index (χ1n) is 6.26. The Hall–Kier alpha value is -1.76. The van der Waals surface area contributed by atoms with Gasteiger partial charge in [-0.2, -0.15) is 18.3 Å². The van der Waals surface area contributed by atoms with Crippen molar-refractivity contribution in [3.63, 3.8) is 0 Å². The molecule has 0 amide bonds. The average Bonchev–Trinajstić information content (AvgIpc) is 2.98. The molecular weight excluding hydrogens is 271 g/mol. The summed E-state index contributed by atoms with van der Waals surface area (Å²) in [5.41, 5.74) is 5.21. The predicted molar refractivity (Wildman–Crippen MR) is 67.1 cm³/mol. The van der Waals surface area contributed by atoms with Crippen molar-refractivity contribution in [2.24, 2.45) is 5.73 Å². The van der Waals surface area contributed by atoms with Crippen molar-refractivity contribution >= 4 is 0 Å². The van der Waals surface area contributed by atoms with E-state index in [0.717, 1.165) is 12.4 Å². The van der Waals surface area contributed by atoms with Crippen LogP contribution in [-0.4, -0.2) is 15.8 Å². The van der Waals surface area contributed by atoms with Gasteiger partial charge in [-0.1, -0.05) is 6.92 Å². The van der Waals surface area contributed by atoms with Gasteiger partial charge >= 0.3 is 6.18 Å². The summed E-state index contributed by atoms with van der Waals surface area (Å²) >= 11 is 0. The van der Waals surface area contributed by atoms with Crippen molar-refractivity contribution in [3.8, 4) is 0 Å². The third-order valence-electron chi connectivity index (χ3n) is 3.14. The fourth-order valence-electron chi connectivity index (χ4n) is 2.01. The fraction of sp³-hybridized carbons (Fsp3) is 0.462. The molecule has 2 atom stereocenters. The summed E-state index contributed by atoms with van der Waals surface area (Å²) in [4.78, 5) is 0. The first kappa shape index (κ1) is 14.6. The van der Waals surface area contributed by atoms with Gasteiger partial charge in [0.15, 0.2) is 0 Å². The van der Waals surface area contributed by atoms with E-state index in [0.29, 0.717) is 17.9 Å². The molecule has 0 fully saturated rings. The molecule has 0 aliphatic carbocycles. The van der Waals surface area contributed by atoms with Crippen molar-refractivity contribution in [3.05, 3.63) is 41.6 Å². The molecule has 2 unspecified atom stereocenters. The Labute approximate surface area is 114 Å². The second-order valence-corrected chi connectivity index (χ2v) is 4.67. The van der Waals surface area contributed by atoms with E-state index in [1.807, 2.05) is 6.92 Å². The summed E-state index contributed by atoms with van der Waals surface area (Å²) < 4.78 is 44.7. The lowest BCUT2D eigenvalue weighted by molar-refractivity contribution is -0.137. The lowest BCUT2D eigenvalue weighted by atomic mass is 10.0. The molecule has 2 aromatic rings. The number of aromatic nitrogens is 2. The van der Waals surface area contributed by atoms with Crippen molar-refractivity contribution < 1.29 is 17.6 Å². The van der Waals surface area contributed by atoms with E-state index in [2.05, 4.69) is 5.10 Å². The maximum atomic E-state index is 12.6. The lowest BCUT2D eigenvalue weighted by Crippen LogP contribution is -2.32. The minimum Gasteiger partial charge on any atom is -0.464 e. The second-order valence-electron chi connectivity index (χ2n) is 4.67. The summed E-state index contributed by atoms with van der Waals surface area (Å²) in [6.07, 6.45) is -2.08. The van der Waals surface area contributed by atoms with E-state index < -0.39 is 17.8 Å². The van der Waals surface area contributed by atoms with Gasteiger partial charge in [-0.05, 0) is 25.5 Å². The van der Waals surface area contributed by atoms with Crippen molar-refractivity contribution in [1.82, 2.24) is 9.78 Å². The van der Waals surface area contributed by atoms with Crippen LogP contribution in [0.3, 0.4) is 0 Å². The maximum absolute atomic E-state index is 12.6. The van der Waals surface area contributed by atoms with Gasteiger partial charge in [-0.3, -0.25) is 4.68 Å². The minimum atomic E-state index is -4.42.